The second-order valence-electron chi connectivity index (χ2n) is 2.40. The third kappa shape index (κ3) is 2.46. The van der Waals surface area contributed by atoms with Crippen LogP contribution in [-0.2, 0) is 6.42 Å². The van der Waals surface area contributed by atoms with E-state index in [4.69, 9.17) is 0 Å². The average Bonchev–Trinajstić information content (AvgIpc) is 2.27. The zero-order chi connectivity index (χ0) is 12.2. The van der Waals surface area contributed by atoms with E-state index in [0.717, 1.165) is 0 Å². The van der Waals surface area contributed by atoms with E-state index in [1.54, 1.807) is 0 Å². The molecule has 1 aromatic rings. The molecule has 0 saturated heterocycles. The van der Waals surface area contributed by atoms with Crippen LogP contribution in [0.4, 0.5) is 22.0 Å². The Kier molecular flexibility index (Phi) is 5.25. The summed E-state index contributed by atoms with van der Waals surface area (Å²) in [6.45, 7) is 5.30. The van der Waals surface area contributed by atoms with Gasteiger partial charge in [0.15, 0.2) is 23.3 Å². The van der Waals surface area contributed by atoms with Crippen molar-refractivity contribution in [3.05, 3.63) is 34.6 Å². The van der Waals surface area contributed by atoms with Gasteiger partial charge in [-0.2, -0.15) is 0 Å². The lowest BCUT2D eigenvalue weighted by Crippen LogP contribution is -2.05. The zero-order valence-corrected chi connectivity index (χ0v) is 8.60. The van der Waals surface area contributed by atoms with Crippen molar-refractivity contribution in [3.63, 3.8) is 0 Å². The minimum absolute atomic E-state index is 0.244. The first-order valence-electron chi connectivity index (χ1n) is 4.51. The minimum atomic E-state index is -2.12. The monoisotopic (exact) mass is 226 g/mol. The molecule has 0 aliphatic carbocycles. The fourth-order valence-corrected chi connectivity index (χ4v) is 0.961. The quantitative estimate of drug-likeness (QED) is 0.386. The van der Waals surface area contributed by atoms with Crippen molar-refractivity contribution in [3.8, 4) is 0 Å². The van der Waals surface area contributed by atoms with Gasteiger partial charge in [0, 0.05) is 5.56 Å². The largest absolute Gasteiger partial charge is 0.203 e. The molecule has 0 radical (unpaired) electrons. The number of rotatable bonds is 1. The normalized spacial score (nSPS) is 9.60. The van der Waals surface area contributed by atoms with Crippen LogP contribution >= 0.6 is 0 Å². The summed E-state index contributed by atoms with van der Waals surface area (Å²) in [5.74, 6) is -9.41. The Morgan fingerprint density at radius 3 is 1.20 bits per heavy atom. The molecule has 0 aliphatic rings. The van der Waals surface area contributed by atoms with Crippen LogP contribution in [0.25, 0.3) is 0 Å². The highest BCUT2D eigenvalue weighted by Gasteiger charge is 2.24. The third-order valence-electron chi connectivity index (χ3n) is 1.65. The van der Waals surface area contributed by atoms with Crippen molar-refractivity contribution in [2.45, 2.75) is 27.2 Å². The van der Waals surface area contributed by atoms with Crippen molar-refractivity contribution in [1.82, 2.24) is 0 Å². The van der Waals surface area contributed by atoms with Gasteiger partial charge in [0.1, 0.15) is 0 Å². The second kappa shape index (κ2) is 5.68. The van der Waals surface area contributed by atoms with Crippen LogP contribution in [0.2, 0.25) is 0 Å². The summed E-state index contributed by atoms with van der Waals surface area (Å²) in [5.41, 5.74) is -0.781. The molecule has 0 bridgehead atoms. The maximum absolute atomic E-state index is 12.7. The number of benzene rings is 1. The molecule has 0 heterocycles. The Hall–Kier alpha value is -1.13. The molecule has 1 aromatic carbocycles. The maximum Gasteiger partial charge on any atom is 0.200 e. The van der Waals surface area contributed by atoms with Gasteiger partial charge in [-0.05, 0) is 6.42 Å². The lowest BCUT2D eigenvalue weighted by molar-refractivity contribution is 0.370. The van der Waals surface area contributed by atoms with Crippen LogP contribution < -0.4 is 0 Å². The SMILES string of the molecule is CC.CCc1c(F)c(F)c(F)c(F)c1F. The second-order valence-corrected chi connectivity index (χ2v) is 2.40. The van der Waals surface area contributed by atoms with Crippen LogP contribution in [0, 0.1) is 29.1 Å². The van der Waals surface area contributed by atoms with Gasteiger partial charge in [-0.3, -0.25) is 0 Å². The Morgan fingerprint density at radius 1 is 0.667 bits per heavy atom. The van der Waals surface area contributed by atoms with Crippen LogP contribution in [0.3, 0.4) is 0 Å². The summed E-state index contributed by atoms with van der Waals surface area (Å²) in [6.07, 6.45) is -0.244. The summed E-state index contributed by atoms with van der Waals surface area (Å²) < 4.78 is 62.6. The standard InChI is InChI=1S/C8H5F5.C2H6/c1-2-3-4(9)6(11)8(13)7(12)5(3)10;1-2/h2H2,1H3;1-2H3. The molecule has 0 nitrogen and oxygen atoms in total. The highest BCUT2D eigenvalue weighted by atomic mass is 19.2. The fraction of sp³-hybridized carbons (Fsp3) is 0.400. The minimum Gasteiger partial charge on any atom is -0.203 e. The van der Waals surface area contributed by atoms with Gasteiger partial charge >= 0.3 is 0 Å². The first-order chi connectivity index (χ1) is 7.00. The molecule has 0 saturated carbocycles. The van der Waals surface area contributed by atoms with E-state index < -0.39 is 34.6 Å². The van der Waals surface area contributed by atoms with E-state index in [-0.39, 0.29) is 6.42 Å². The van der Waals surface area contributed by atoms with Crippen molar-refractivity contribution in [2.24, 2.45) is 0 Å². The molecule has 0 unspecified atom stereocenters. The summed E-state index contributed by atoms with van der Waals surface area (Å²) in [4.78, 5) is 0. The molecule has 0 N–H and O–H groups in total. The molecule has 15 heavy (non-hydrogen) atoms. The fourth-order valence-electron chi connectivity index (χ4n) is 0.961. The molecular formula is C10H11F5. The number of hydrogen-bond acceptors (Lipinski definition) is 0. The molecule has 5 heteroatoms. The molecule has 0 aromatic heterocycles. The van der Waals surface area contributed by atoms with Gasteiger partial charge in [0.2, 0.25) is 5.82 Å². The smallest absolute Gasteiger partial charge is 0.200 e. The van der Waals surface area contributed by atoms with Gasteiger partial charge in [-0.1, -0.05) is 20.8 Å². The predicted molar refractivity (Wildman–Crippen MR) is 47.0 cm³/mol. The number of halogens is 5. The van der Waals surface area contributed by atoms with E-state index in [0.29, 0.717) is 0 Å². The van der Waals surface area contributed by atoms with E-state index in [1.165, 1.54) is 6.92 Å². The van der Waals surface area contributed by atoms with Gasteiger partial charge < -0.3 is 0 Å². The molecule has 0 aliphatic heterocycles. The van der Waals surface area contributed by atoms with Crippen LogP contribution in [-0.4, -0.2) is 0 Å². The lowest BCUT2D eigenvalue weighted by Gasteiger charge is -2.04. The van der Waals surface area contributed by atoms with Gasteiger partial charge in [0.25, 0.3) is 0 Å². The molecule has 1 rings (SSSR count). The Labute approximate surface area is 84.7 Å². The highest BCUT2D eigenvalue weighted by molar-refractivity contribution is 5.23. The molecule has 0 spiro atoms. The van der Waals surface area contributed by atoms with Crippen LogP contribution in [0.5, 0.6) is 0 Å². The Morgan fingerprint density at radius 2 is 0.933 bits per heavy atom. The van der Waals surface area contributed by atoms with Crippen molar-refractivity contribution in [1.29, 1.82) is 0 Å². The predicted octanol–water partition coefficient (Wildman–Crippen LogP) is 3.97. The molecule has 0 fully saturated rings. The van der Waals surface area contributed by atoms with E-state index >= 15 is 0 Å². The average molecular weight is 226 g/mol. The number of hydrogen-bond donors (Lipinski definition) is 0. The topological polar surface area (TPSA) is 0 Å². The Bertz CT molecular complexity index is 317. The Balaban J connectivity index is 0.000000921. The summed E-state index contributed by atoms with van der Waals surface area (Å²) in [7, 11) is 0. The highest BCUT2D eigenvalue weighted by Crippen LogP contribution is 2.22. The summed E-state index contributed by atoms with van der Waals surface area (Å²) in [6, 6.07) is 0. The molecule has 0 amide bonds. The van der Waals surface area contributed by atoms with Gasteiger partial charge in [0.05, 0.1) is 0 Å². The zero-order valence-electron chi connectivity index (χ0n) is 8.60. The first-order valence-corrected chi connectivity index (χ1v) is 4.51. The van der Waals surface area contributed by atoms with E-state index in [2.05, 4.69) is 0 Å². The van der Waals surface area contributed by atoms with Gasteiger partial charge in [-0.25, -0.2) is 22.0 Å². The molecular weight excluding hydrogens is 215 g/mol. The van der Waals surface area contributed by atoms with Crippen LogP contribution in [0.15, 0.2) is 0 Å². The molecule has 0 atom stereocenters. The third-order valence-corrected chi connectivity index (χ3v) is 1.65. The first kappa shape index (κ1) is 13.9. The van der Waals surface area contributed by atoms with E-state index in [1.807, 2.05) is 13.8 Å². The lowest BCUT2D eigenvalue weighted by atomic mass is 10.1. The summed E-state index contributed by atoms with van der Waals surface area (Å²) >= 11 is 0. The maximum atomic E-state index is 12.7. The summed E-state index contributed by atoms with van der Waals surface area (Å²) in [5, 5.41) is 0. The van der Waals surface area contributed by atoms with Crippen molar-refractivity contribution < 1.29 is 22.0 Å². The molecule has 86 valence electrons. The van der Waals surface area contributed by atoms with Gasteiger partial charge in [-0.15, -0.1) is 0 Å². The van der Waals surface area contributed by atoms with E-state index in [9.17, 15) is 22.0 Å². The van der Waals surface area contributed by atoms with Crippen molar-refractivity contribution >= 4 is 0 Å². The van der Waals surface area contributed by atoms with Crippen molar-refractivity contribution in [2.75, 3.05) is 0 Å². The van der Waals surface area contributed by atoms with Crippen LogP contribution in [0.1, 0.15) is 26.3 Å².